The van der Waals surface area contributed by atoms with E-state index in [1.165, 1.54) is 17.9 Å². The van der Waals surface area contributed by atoms with E-state index >= 15 is 0 Å². The number of esters is 1. The first-order valence-electron chi connectivity index (χ1n) is 12.4. The van der Waals surface area contributed by atoms with Gasteiger partial charge in [0.15, 0.2) is 0 Å². The standard InChI is InChI=1S/C23H40N2O8Si2/c1-13(2)34(14(3)4)30-12-19-18(32-35(33-34,15(5)6)16(7)8)10-20(31-19)25-11-17(22(27)29-9)21(26)24-23(25)28/h11,13-16,18-20H,10,12H2,1-9H3,(H,24,26,28)/t18-,19+,20+/m0/s1. The second-order valence-corrected chi connectivity index (χ2v) is 19.5. The van der Waals surface area contributed by atoms with Gasteiger partial charge >= 0.3 is 28.8 Å². The number of fused-ring (bicyclic) bond motifs is 1. The molecule has 10 nitrogen and oxygen atoms in total. The van der Waals surface area contributed by atoms with Gasteiger partial charge in [0, 0.05) is 12.6 Å². The van der Waals surface area contributed by atoms with E-state index in [9.17, 15) is 14.4 Å². The molecule has 1 N–H and O–H groups in total. The highest BCUT2D eigenvalue weighted by Crippen LogP contribution is 2.48. The molecule has 12 heteroatoms. The molecule has 2 saturated heterocycles. The zero-order valence-electron chi connectivity index (χ0n) is 22.2. The smallest absolute Gasteiger partial charge is 0.345 e. The third kappa shape index (κ3) is 5.01. The first kappa shape index (κ1) is 28.0. The van der Waals surface area contributed by atoms with Crippen LogP contribution < -0.4 is 11.2 Å². The quantitative estimate of drug-likeness (QED) is 0.440. The Labute approximate surface area is 208 Å². The van der Waals surface area contributed by atoms with Crippen LogP contribution in [0.3, 0.4) is 0 Å². The third-order valence-electron chi connectivity index (χ3n) is 7.21. The number of aromatic nitrogens is 2. The Morgan fingerprint density at radius 3 is 2.09 bits per heavy atom. The minimum atomic E-state index is -2.82. The summed E-state index contributed by atoms with van der Waals surface area (Å²) >= 11 is 0. The Morgan fingerprint density at radius 1 is 1.00 bits per heavy atom. The first-order chi connectivity index (χ1) is 16.3. The molecule has 35 heavy (non-hydrogen) atoms. The fourth-order valence-corrected chi connectivity index (χ4v) is 16.5. The van der Waals surface area contributed by atoms with Gasteiger partial charge in [-0.05, 0) is 22.2 Å². The largest absolute Gasteiger partial charge is 0.465 e. The molecule has 0 unspecified atom stereocenters. The summed E-state index contributed by atoms with van der Waals surface area (Å²) in [5, 5.41) is 0. The van der Waals surface area contributed by atoms with Crippen molar-refractivity contribution in [3.8, 4) is 0 Å². The number of aromatic amines is 1. The van der Waals surface area contributed by atoms with E-state index in [4.69, 9.17) is 17.7 Å². The van der Waals surface area contributed by atoms with Gasteiger partial charge in [-0.25, -0.2) is 9.59 Å². The van der Waals surface area contributed by atoms with Gasteiger partial charge in [0.2, 0.25) is 0 Å². The SMILES string of the molecule is COC(=O)c1cn([C@H]2C[C@@H]3O[Si](C(C)C)(C(C)C)O[Si](C(C)C)(C(C)C)OC[C@H]3O2)c(=O)[nH]c1=O. The van der Waals surface area contributed by atoms with E-state index in [1.54, 1.807) is 0 Å². The molecule has 198 valence electrons. The van der Waals surface area contributed by atoms with Crippen molar-refractivity contribution in [2.24, 2.45) is 0 Å². The maximum absolute atomic E-state index is 12.7. The number of hydrogen-bond acceptors (Lipinski definition) is 8. The van der Waals surface area contributed by atoms with Crippen LogP contribution in [-0.4, -0.2) is 58.6 Å². The van der Waals surface area contributed by atoms with Crippen molar-refractivity contribution in [3.63, 3.8) is 0 Å². The molecule has 3 atom stereocenters. The molecule has 1 aromatic rings. The lowest BCUT2D eigenvalue weighted by atomic mass is 10.2. The van der Waals surface area contributed by atoms with Gasteiger partial charge in [0.1, 0.15) is 17.9 Å². The highest BCUT2D eigenvalue weighted by Gasteiger charge is 2.60. The van der Waals surface area contributed by atoms with Crippen LogP contribution in [0.1, 0.15) is 78.4 Å². The lowest BCUT2D eigenvalue weighted by molar-refractivity contribution is -0.0566. The monoisotopic (exact) mass is 528 g/mol. The van der Waals surface area contributed by atoms with Gasteiger partial charge in [0.25, 0.3) is 5.56 Å². The summed E-state index contributed by atoms with van der Waals surface area (Å²) in [6, 6.07) is 0. The predicted octanol–water partition coefficient (Wildman–Crippen LogP) is 3.57. The van der Waals surface area contributed by atoms with Gasteiger partial charge in [-0.2, -0.15) is 0 Å². The van der Waals surface area contributed by atoms with Crippen LogP contribution in [0.15, 0.2) is 15.8 Å². The summed E-state index contributed by atoms with van der Waals surface area (Å²) in [6.07, 6.45) is 0.0435. The summed E-state index contributed by atoms with van der Waals surface area (Å²) in [6.45, 7) is 17.5. The average Bonchev–Trinajstić information content (AvgIpc) is 3.14. The maximum atomic E-state index is 12.7. The first-order valence-corrected chi connectivity index (χ1v) is 16.3. The summed E-state index contributed by atoms with van der Waals surface area (Å²) < 4.78 is 33.1. The summed E-state index contributed by atoms with van der Waals surface area (Å²) in [5.41, 5.74) is -0.999. The van der Waals surface area contributed by atoms with Crippen LogP contribution in [0.4, 0.5) is 0 Å². The van der Waals surface area contributed by atoms with Gasteiger partial charge in [-0.15, -0.1) is 0 Å². The van der Waals surface area contributed by atoms with Crippen molar-refractivity contribution in [1.82, 2.24) is 9.55 Å². The lowest BCUT2D eigenvalue weighted by Gasteiger charge is -2.51. The number of nitrogens with one attached hydrogen (secondary N) is 1. The van der Waals surface area contributed by atoms with E-state index in [1.807, 2.05) is 0 Å². The van der Waals surface area contributed by atoms with Crippen LogP contribution in [-0.2, 0) is 22.4 Å². The Hall–Kier alpha value is -1.58. The van der Waals surface area contributed by atoms with E-state index in [0.29, 0.717) is 6.42 Å². The Morgan fingerprint density at radius 2 is 1.57 bits per heavy atom. The molecule has 2 fully saturated rings. The molecule has 0 radical (unpaired) electrons. The van der Waals surface area contributed by atoms with Crippen molar-refractivity contribution >= 4 is 23.1 Å². The summed E-state index contributed by atoms with van der Waals surface area (Å²) in [4.78, 5) is 39.0. The topological polar surface area (TPSA) is 118 Å². The molecule has 3 heterocycles. The Bertz CT molecular complexity index is 1020. The van der Waals surface area contributed by atoms with Crippen LogP contribution >= 0.6 is 0 Å². The summed E-state index contributed by atoms with van der Waals surface area (Å²) in [7, 11) is -4.35. The molecule has 0 saturated carbocycles. The Balaban J connectivity index is 2.05. The second kappa shape index (κ2) is 10.4. The van der Waals surface area contributed by atoms with Crippen molar-refractivity contribution in [2.75, 3.05) is 13.7 Å². The zero-order chi connectivity index (χ0) is 26.3. The molecule has 0 amide bonds. The van der Waals surface area contributed by atoms with Gasteiger partial charge < -0.3 is 22.4 Å². The zero-order valence-corrected chi connectivity index (χ0v) is 24.2. The molecule has 2 aliphatic rings. The van der Waals surface area contributed by atoms with E-state index in [2.05, 4.69) is 65.1 Å². The van der Waals surface area contributed by atoms with Crippen LogP contribution in [0.25, 0.3) is 0 Å². The maximum Gasteiger partial charge on any atom is 0.345 e. The Kier molecular flexibility index (Phi) is 8.34. The fourth-order valence-electron chi connectivity index (χ4n) is 5.26. The van der Waals surface area contributed by atoms with Gasteiger partial charge in [-0.1, -0.05) is 55.4 Å². The third-order valence-corrected chi connectivity index (χ3v) is 17.5. The second-order valence-electron chi connectivity index (χ2n) is 10.7. The van der Waals surface area contributed by atoms with Crippen molar-refractivity contribution in [1.29, 1.82) is 0 Å². The predicted molar refractivity (Wildman–Crippen MR) is 135 cm³/mol. The highest BCUT2D eigenvalue weighted by molar-refractivity contribution is 6.83. The number of methoxy groups -OCH3 is 1. The number of rotatable bonds is 6. The normalized spacial score (nSPS) is 26.1. The number of H-pyrrole nitrogens is 1. The molecule has 3 rings (SSSR count). The minimum Gasteiger partial charge on any atom is -0.465 e. The van der Waals surface area contributed by atoms with Gasteiger partial charge in [0.05, 0.1) is 19.8 Å². The van der Waals surface area contributed by atoms with Gasteiger partial charge in [-0.3, -0.25) is 14.3 Å². The van der Waals surface area contributed by atoms with Crippen molar-refractivity contribution in [3.05, 3.63) is 32.6 Å². The number of nitrogens with zero attached hydrogens (tertiary/aromatic N) is 1. The summed E-state index contributed by atoms with van der Waals surface area (Å²) in [5.74, 6) is -0.826. The number of carbonyl (C=O) groups excluding carboxylic acids is 1. The molecular formula is C23H40N2O8Si2. The van der Waals surface area contributed by atoms with E-state index in [-0.39, 0.29) is 40.4 Å². The molecule has 0 aliphatic carbocycles. The highest BCUT2D eigenvalue weighted by atomic mass is 28.5. The fraction of sp³-hybridized carbons (Fsp3) is 0.783. The number of carbonyl (C=O) groups is 1. The molecule has 0 bridgehead atoms. The molecule has 0 aromatic carbocycles. The minimum absolute atomic E-state index is 0.162. The van der Waals surface area contributed by atoms with Crippen LogP contribution in [0, 0.1) is 0 Å². The molecule has 1 aromatic heterocycles. The van der Waals surface area contributed by atoms with E-state index < -0.39 is 46.7 Å². The molecular weight excluding hydrogens is 488 g/mol. The van der Waals surface area contributed by atoms with Crippen molar-refractivity contribution < 1.29 is 27.2 Å². The average molecular weight is 529 g/mol. The van der Waals surface area contributed by atoms with Crippen LogP contribution in [0.2, 0.25) is 22.2 Å². The van der Waals surface area contributed by atoms with Crippen LogP contribution in [0.5, 0.6) is 0 Å². The molecule has 0 spiro atoms. The van der Waals surface area contributed by atoms with E-state index in [0.717, 1.165) is 0 Å². The number of ether oxygens (including phenoxy) is 2. The van der Waals surface area contributed by atoms with Crippen molar-refractivity contribution in [2.45, 2.75) is 102 Å². The molecule has 2 aliphatic heterocycles. The number of hydrogen-bond donors (Lipinski definition) is 1. The lowest BCUT2D eigenvalue weighted by Crippen LogP contribution is -2.65.